The molecule has 0 saturated heterocycles. The molecule has 0 atom stereocenters. The number of benzene rings is 1. The summed E-state index contributed by atoms with van der Waals surface area (Å²) in [6.07, 6.45) is 5.95. The summed E-state index contributed by atoms with van der Waals surface area (Å²) in [5.41, 5.74) is 0.914. The Hall–Kier alpha value is -1.41. The van der Waals surface area contributed by atoms with Gasteiger partial charge in [0, 0.05) is 28.3 Å². The molecule has 0 N–H and O–H groups in total. The van der Waals surface area contributed by atoms with Crippen LogP contribution < -0.4 is 0 Å². The number of rotatable bonds is 5. The minimum atomic E-state index is -0.396. The number of hydrogen-bond acceptors (Lipinski definition) is 6. The summed E-state index contributed by atoms with van der Waals surface area (Å²) in [4.78, 5) is 10.5. The molecule has 3 rings (SSSR count). The molecule has 0 bridgehead atoms. The first kappa shape index (κ1) is 16.4. The lowest BCUT2D eigenvalue weighted by molar-refractivity contribution is -0.385. The SMILES string of the molecule is O=[N+]([O-])c1cc(Br)cc(CSc2nnc(C3CCCCC3)o2)c1. The van der Waals surface area contributed by atoms with E-state index in [1.165, 1.54) is 37.1 Å². The smallest absolute Gasteiger partial charge is 0.276 e. The molecular formula is C15H16BrN3O3S. The van der Waals surface area contributed by atoms with Gasteiger partial charge in [0.2, 0.25) is 5.89 Å². The minimum Gasteiger partial charge on any atom is -0.416 e. The number of nitro groups is 1. The van der Waals surface area contributed by atoms with Crippen LogP contribution in [0.15, 0.2) is 32.3 Å². The number of aromatic nitrogens is 2. The van der Waals surface area contributed by atoms with Gasteiger partial charge in [0.1, 0.15) is 0 Å². The Morgan fingerprint density at radius 3 is 2.78 bits per heavy atom. The summed E-state index contributed by atoms with van der Waals surface area (Å²) in [6.45, 7) is 0. The van der Waals surface area contributed by atoms with Crippen LogP contribution in [0.25, 0.3) is 0 Å². The molecular weight excluding hydrogens is 382 g/mol. The number of halogens is 1. The topological polar surface area (TPSA) is 82.1 Å². The molecule has 1 aromatic carbocycles. The van der Waals surface area contributed by atoms with Gasteiger partial charge >= 0.3 is 0 Å². The number of nitro benzene ring substituents is 1. The predicted molar refractivity (Wildman–Crippen MR) is 90.5 cm³/mol. The van der Waals surface area contributed by atoms with Gasteiger partial charge in [-0.05, 0) is 24.5 Å². The third kappa shape index (κ3) is 4.32. The van der Waals surface area contributed by atoms with Crippen LogP contribution in [0, 0.1) is 10.1 Å². The second-order valence-electron chi connectivity index (χ2n) is 5.60. The first-order valence-electron chi connectivity index (χ1n) is 7.52. The van der Waals surface area contributed by atoms with E-state index in [1.54, 1.807) is 6.07 Å². The Kier molecular flexibility index (Phi) is 5.32. The Balaban J connectivity index is 1.64. The van der Waals surface area contributed by atoms with Crippen LogP contribution in [0.3, 0.4) is 0 Å². The highest BCUT2D eigenvalue weighted by Gasteiger charge is 2.21. The highest BCUT2D eigenvalue weighted by molar-refractivity contribution is 9.10. The number of hydrogen-bond donors (Lipinski definition) is 0. The second-order valence-corrected chi connectivity index (χ2v) is 7.45. The van der Waals surface area contributed by atoms with Crippen molar-refractivity contribution in [2.24, 2.45) is 0 Å². The fourth-order valence-electron chi connectivity index (χ4n) is 2.76. The molecule has 0 radical (unpaired) electrons. The van der Waals surface area contributed by atoms with Crippen LogP contribution >= 0.6 is 27.7 Å². The fraction of sp³-hybridized carbons (Fsp3) is 0.467. The van der Waals surface area contributed by atoms with Crippen LogP contribution in [0.4, 0.5) is 5.69 Å². The summed E-state index contributed by atoms with van der Waals surface area (Å²) < 4.78 is 6.44. The first-order chi connectivity index (χ1) is 11.1. The molecule has 1 aliphatic carbocycles. The van der Waals surface area contributed by atoms with Crippen molar-refractivity contribution in [2.75, 3.05) is 0 Å². The van der Waals surface area contributed by atoms with Gasteiger partial charge in [-0.1, -0.05) is 47.0 Å². The van der Waals surface area contributed by atoms with Crippen LogP contribution in [0.2, 0.25) is 0 Å². The molecule has 8 heteroatoms. The van der Waals surface area contributed by atoms with Gasteiger partial charge in [-0.2, -0.15) is 0 Å². The molecule has 1 aromatic heterocycles. The Morgan fingerprint density at radius 1 is 1.26 bits per heavy atom. The van der Waals surface area contributed by atoms with E-state index in [0.717, 1.165) is 24.3 Å². The maximum absolute atomic E-state index is 10.9. The number of nitrogens with zero attached hydrogens (tertiary/aromatic N) is 3. The molecule has 1 fully saturated rings. The number of non-ortho nitro benzene ring substituents is 1. The quantitative estimate of drug-likeness (QED) is 0.397. The van der Waals surface area contributed by atoms with E-state index in [2.05, 4.69) is 26.1 Å². The molecule has 2 aromatic rings. The summed E-state index contributed by atoms with van der Waals surface area (Å²) in [7, 11) is 0. The Labute approximate surface area is 146 Å². The zero-order valence-electron chi connectivity index (χ0n) is 12.4. The second kappa shape index (κ2) is 7.44. The maximum atomic E-state index is 10.9. The maximum Gasteiger partial charge on any atom is 0.276 e. The van der Waals surface area contributed by atoms with Crippen molar-refractivity contribution in [2.45, 2.75) is 49.0 Å². The third-order valence-electron chi connectivity index (χ3n) is 3.89. The van der Waals surface area contributed by atoms with Gasteiger partial charge in [0.05, 0.1) is 4.92 Å². The highest BCUT2D eigenvalue weighted by Crippen LogP contribution is 2.33. The van der Waals surface area contributed by atoms with Gasteiger partial charge in [0.15, 0.2) is 0 Å². The van der Waals surface area contributed by atoms with E-state index in [0.29, 0.717) is 21.4 Å². The van der Waals surface area contributed by atoms with E-state index in [9.17, 15) is 10.1 Å². The Bertz CT molecular complexity index is 701. The first-order valence-corrected chi connectivity index (χ1v) is 9.30. The van der Waals surface area contributed by atoms with Crippen molar-refractivity contribution in [3.63, 3.8) is 0 Å². The van der Waals surface area contributed by atoms with Crippen molar-refractivity contribution in [1.82, 2.24) is 10.2 Å². The van der Waals surface area contributed by atoms with Crippen LogP contribution in [-0.4, -0.2) is 15.1 Å². The molecule has 0 unspecified atom stereocenters. The van der Waals surface area contributed by atoms with Crippen molar-refractivity contribution >= 4 is 33.4 Å². The van der Waals surface area contributed by atoms with E-state index in [-0.39, 0.29) is 5.69 Å². The highest BCUT2D eigenvalue weighted by atomic mass is 79.9. The molecule has 0 amide bonds. The molecule has 0 spiro atoms. The molecule has 1 aliphatic rings. The van der Waals surface area contributed by atoms with Gasteiger partial charge in [-0.25, -0.2) is 0 Å². The lowest BCUT2D eigenvalue weighted by atomic mass is 9.89. The van der Waals surface area contributed by atoms with E-state index < -0.39 is 4.92 Å². The van der Waals surface area contributed by atoms with Crippen molar-refractivity contribution < 1.29 is 9.34 Å². The van der Waals surface area contributed by atoms with Gasteiger partial charge in [-0.15, -0.1) is 10.2 Å². The van der Waals surface area contributed by atoms with E-state index in [1.807, 2.05) is 6.07 Å². The molecule has 122 valence electrons. The van der Waals surface area contributed by atoms with Crippen LogP contribution in [0.5, 0.6) is 0 Å². The van der Waals surface area contributed by atoms with E-state index in [4.69, 9.17) is 4.42 Å². The van der Waals surface area contributed by atoms with Gasteiger partial charge < -0.3 is 4.42 Å². The third-order valence-corrected chi connectivity index (χ3v) is 5.24. The van der Waals surface area contributed by atoms with Crippen molar-refractivity contribution in [3.05, 3.63) is 44.2 Å². The average Bonchev–Trinajstić information content (AvgIpc) is 3.02. The largest absolute Gasteiger partial charge is 0.416 e. The predicted octanol–water partition coefficient (Wildman–Crippen LogP) is 5.08. The molecule has 1 saturated carbocycles. The van der Waals surface area contributed by atoms with Gasteiger partial charge in [0.25, 0.3) is 10.9 Å². The lowest BCUT2D eigenvalue weighted by Gasteiger charge is -2.17. The normalized spacial score (nSPS) is 15.7. The average molecular weight is 398 g/mol. The van der Waals surface area contributed by atoms with Gasteiger partial charge in [-0.3, -0.25) is 10.1 Å². The number of thioether (sulfide) groups is 1. The summed E-state index contributed by atoms with van der Waals surface area (Å²) >= 11 is 4.70. The fourth-order valence-corrected chi connectivity index (χ4v) is 3.99. The summed E-state index contributed by atoms with van der Waals surface area (Å²) in [6, 6.07) is 4.91. The van der Waals surface area contributed by atoms with Crippen LogP contribution in [-0.2, 0) is 5.75 Å². The molecule has 6 nitrogen and oxygen atoms in total. The summed E-state index contributed by atoms with van der Waals surface area (Å²) in [5, 5.41) is 19.7. The summed E-state index contributed by atoms with van der Waals surface area (Å²) in [5.74, 6) is 1.66. The molecule has 1 heterocycles. The monoisotopic (exact) mass is 397 g/mol. The van der Waals surface area contributed by atoms with Crippen molar-refractivity contribution in [1.29, 1.82) is 0 Å². The zero-order chi connectivity index (χ0) is 16.2. The minimum absolute atomic E-state index is 0.0726. The van der Waals surface area contributed by atoms with Crippen molar-refractivity contribution in [3.8, 4) is 0 Å². The Morgan fingerprint density at radius 2 is 2.04 bits per heavy atom. The van der Waals surface area contributed by atoms with E-state index >= 15 is 0 Å². The molecule has 23 heavy (non-hydrogen) atoms. The molecule has 0 aliphatic heterocycles. The van der Waals surface area contributed by atoms with Crippen LogP contribution in [0.1, 0.15) is 49.5 Å². The standard InChI is InChI=1S/C15H16BrN3O3S/c16-12-6-10(7-13(8-12)19(20)21)9-23-15-18-17-14(22-15)11-4-2-1-3-5-11/h6-8,11H,1-5,9H2. The lowest BCUT2D eigenvalue weighted by Crippen LogP contribution is -2.04. The zero-order valence-corrected chi connectivity index (χ0v) is 14.8.